The zero-order valence-electron chi connectivity index (χ0n) is 10.6. The van der Waals surface area contributed by atoms with Crippen molar-refractivity contribution in [3.8, 4) is 0 Å². The molecule has 1 aliphatic rings. The standard InChI is InChI=1S/C15H17ClN2O/c16-10-5-6-11-12(7-8-17-14(11)9-10)18-13-3-1-2-4-15(13)19/h5-9,13,15,19H,1-4H2,(H,17,18). The van der Waals surface area contributed by atoms with Gasteiger partial charge in [0.25, 0.3) is 0 Å². The van der Waals surface area contributed by atoms with Gasteiger partial charge >= 0.3 is 0 Å². The monoisotopic (exact) mass is 276 g/mol. The van der Waals surface area contributed by atoms with Gasteiger partial charge in [0.05, 0.1) is 17.7 Å². The summed E-state index contributed by atoms with van der Waals surface area (Å²) in [7, 11) is 0. The highest BCUT2D eigenvalue weighted by Crippen LogP contribution is 2.28. The molecule has 2 aromatic rings. The van der Waals surface area contributed by atoms with Crippen molar-refractivity contribution in [2.24, 2.45) is 0 Å². The van der Waals surface area contributed by atoms with Crippen LogP contribution in [0.1, 0.15) is 25.7 Å². The van der Waals surface area contributed by atoms with Gasteiger partial charge < -0.3 is 10.4 Å². The molecule has 2 N–H and O–H groups in total. The molecule has 0 radical (unpaired) electrons. The second-order valence-electron chi connectivity index (χ2n) is 5.12. The number of aliphatic hydroxyl groups is 1. The molecule has 19 heavy (non-hydrogen) atoms. The number of hydrogen-bond acceptors (Lipinski definition) is 3. The van der Waals surface area contributed by atoms with Crippen LogP contribution >= 0.6 is 11.6 Å². The Kier molecular flexibility index (Phi) is 3.58. The van der Waals surface area contributed by atoms with Crippen LogP contribution < -0.4 is 5.32 Å². The van der Waals surface area contributed by atoms with E-state index in [0.29, 0.717) is 5.02 Å². The molecule has 0 saturated heterocycles. The number of nitrogens with one attached hydrogen (secondary N) is 1. The zero-order chi connectivity index (χ0) is 13.2. The van der Waals surface area contributed by atoms with Gasteiger partial charge in [-0.25, -0.2) is 0 Å². The summed E-state index contributed by atoms with van der Waals surface area (Å²) in [4.78, 5) is 4.33. The lowest BCUT2D eigenvalue weighted by molar-refractivity contribution is 0.116. The van der Waals surface area contributed by atoms with E-state index in [-0.39, 0.29) is 12.1 Å². The highest BCUT2D eigenvalue weighted by Gasteiger charge is 2.23. The van der Waals surface area contributed by atoms with Gasteiger partial charge in [-0.05, 0) is 37.1 Å². The van der Waals surface area contributed by atoms with E-state index in [9.17, 15) is 5.11 Å². The lowest BCUT2D eigenvalue weighted by Gasteiger charge is -2.29. The van der Waals surface area contributed by atoms with Crippen molar-refractivity contribution in [1.29, 1.82) is 0 Å². The van der Waals surface area contributed by atoms with Crippen LogP contribution in [0.4, 0.5) is 5.69 Å². The Labute approximate surface area is 117 Å². The highest BCUT2D eigenvalue weighted by atomic mass is 35.5. The Balaban J connectivity index is 1.92. The molecule has 2 unspecified atom stereocenters. The molecular weight excluding hydrogens is 260 g/mol. The number of aromatic nitrogens is 1. The van der Waals surface area contributed by atoms with Crippen LogP contribution in [0.5, 0.6) is 0 Å². The van der Waals surface area contributed by atoms with E-state index in [4.69, 9.17) is 11.6 Å². The predicted octanol–water partition coefficient (Wildman–Crippen LogP) is 3.60. The van der Waals surface area contributed by atoms with Crippen LogP contribution in [0, 0.1) is 0 Å². The van der Waals surface area contributed by atoms with Crippen molar-refractivity contribution in [2.75, 3.05) is 5.32 Å². The fraction of sp³-hybridized carbons (Fsp3) is 0.400. The number of halogens is 1. The molecule has 1 heterocycles. The van der Waals surface area contributed by atoms with E-state index < -0.39 is 0 Å². The fourth-order valence-corrected chi connectivity index (χ4v) is 2.89. The van der Waals surface area contributed by atoms with Gasteiger partial charge in [-0.3, -0.25) is 4.98 Å². The van der Waals surface area contributed by atoms with Crippen molar-refractivity contribution in [2.45, 2.75) is 37.8 Å². The minimum Gasteiger partial charge on any atom is -0.391 e. The van der Waals surface area contributed by atoms with Crippen molar-refractivity contribution in [1.82, 2.24) is 4.98 Å². The van der Waals surface area contributed by atoms with Crippen LogP contribution in [-0.4, -0.2) is 22.2 Å². The van der Waals surface area contributed by atoms with E-state index >= 15 is 0 Å². The van der Waals surface area contributed by atoms with Gasteiger partial charge in [0.1, 0.15) is 0 Å². The summed E-state index contributed by atoms with van der Waals surface area (Å²) in [6.07, 6.45) is 5.70. The average Bonchev–Trinajstić information content (AvgIpc) is 2.41. The normalized spacial score (nSPS) is 23.5. The molecule has 1 aromatic carbocycles. The van der Waals surface area contributed by atoms with Gasteiger partial charge in [-0.1, -0.05) is 24.4 Å². The van der Waals surface area contributed by atoms with Gasteiger partial charge in [0, 0.05) is 22.3 Å². The topological polar surface area (TPSA) is 45.1 Å². The number of pyridine rings is 1. The summed E-state index contributed by atoms with van der Waals surface area (Å²) in [6, 6.07) is 7.79. The van der Waals surface area contributed by atoms with E-state index in [1.54, 1.807) is 6.20 Å². The minimum atomic E-state index is -0.260. The lowest BCUT2D eigenvalue weighted by Crippen LogP contribution is -2.36. The smallest absolute Gasteiger partial charge is 0.0741 e. The molecule has 1 fully saturated rings. The van der Waals surface area contributed by atoms with Crippen LogP contribution in [0.2, 0.25) is 5.02 Å². The molecule has 3 nitrogen and oxygen atoms in total. The first-order valence-electron chi connectivity index (χ1n) is 6.73. The number of hydrogen-bond donors (Lipinski definition) is 2. The second-order valence-corrected chi connectivity index (χ2v) is 5.56. The van der Waals surface area contributed by atoms with Gasteiger partial charge in [0.2, 0.25) is 0 Å². The van der Waals surface area contributed by atoms with E-state index in [1.807, 2.05) is 24.3 Å². The SMILES string of the molecule is OC1CCCCC1Nc1ccnc2cc(Cl)ccc12. The Morgan fingerprint density at radius 1 is 1.21 bits per heavy atom. The number of benzene rings is 1. The maximum absolute atomic E-state index is 10.0. The molecule has 1 aromatic heterocycles. The van der Waals surface area contributed by atoms with Crippen molar-refractivity contribution >= 4 is 28.2 Å². The minimum absolute atomic E-state index is 0.134. The lowest BCUT2D eigenvalue weighted by atomic mass is 9.92. The third kappa shape index (κ3) is 2.67. The third-order valence-corrected chi connectivity index (χ3v) is 4.01. The number of nitrogens with zero attached hydrogens (tertiary/aromatic N) is 1. The first kappa shape index (κ1) is 12.7. The number of rotatable bonds is 2. The first-order chi connectivity index (χ1) is 9.24. The quantitative estimate of drug-likeness (QED) is 0.881. The average molecular weight is 277 g/mol. The molecule has 0 aliphatic heterocycles. The van der Waals surface area contributed by atoms with E-state index in [0.717, 1.165) is 35.9 Å². The largest absolute Gasteiger partial charge is 0.391 e. The van der Waals surface area contributed by atoms with Crippen molar-refractivity contribution in [3.05, 3.63) is 35.5 Å². The van der Waals surface area contributed by atoms with Gasteiger partial charge in [-0.15, -0.1) is 0 Å². The molecule has 4 heteroatoms. The Hall–Kier alpha value is -1.32. The predicted molar refractivity (Wildman–Crippen MR) is 78.6 cm³/mol. The first-order valence-corrected chi connectivity index (χ1v) is 7.11. The van der Waals surface area contributed by atoms with Crippen molar-refractivity contribution in [3.63, 3.8) is 0 Å². The molecule has 1 saturated carbocycles. The summed E-state index contributed by atoms with van der Waals surface area (Å²) >= 11 is 5.99. The summed E-state index contributed by atoms with van der Waals surface area (Å²) in [5.74, 6) is 0. The summed E-state index contributed by atoms with van der Waals surface area (Å²) in [5, 5.41) is 15.2. The maximum atomic E-state index is 10.0. The summed E-state index contributed by atoms with van der Waals surface area (Å²) in [5.41, 5.74) is 1.90. The zero-order valence-corrected chi connectivity index (χ0v) is 11.4. The highest BCUT2D eigenvalue weighted by molar-refractivity contribution is 6.31. The van der Waals surface area contributed by atoms with Crippen LogP contribution in [0.15, 0.2) is 30.5 Å². The Bertz CT molecular complexity index is 587. The molecule has 0 spiro atoms. The summed E-state index contributed by atoms with van der Waals surface area (Å²) in [6.45, 7) is 0. The molecule has 0 amide bonds. The van der Waals surface area contributed by atoms with Crippen LogP contribution in [0.3, 0.4) is 0 Å². The maximum Gasteiger partial charge on any atom is 0.0741 e. The number of fused-ring (bicyclic) bond motifs is 1. The molecule has 3 rings (SSSR count). The second kappa shape index (κ2) is 5.35. The number of aliphatic hydroxyl groups excluding tert-OH is 1. The van der Waals surface area contributed by atoms with E-state index in [1.165, 1.54) is 6.42 Å². The third-order valence-electron chi connectivity index (χ3n) is 3.78. The number of anilines is 1. The molecule has 100 valence electrons. The molecule has 2 atom stereocenters. The van der Waals surface area contributed by atoms with Crippen LogP contribution in [0.25, 0.3) is 10.9 Å². The summed E-state index contributed by atoms with van der Waals surface area (Å²) < 4.78 is 0. The van der Waals surface area contributed by atoms with Gasteiger partial charge in [0.15, 0.2) is 0 Å². The molecular formula is C15H17ClN2O. The van der Waals surface area contributed by atoms with Crippen molar-refractivity contribution < 1.29 is 5.11 Å². The Morgan fingerprint density at radius 2 is 2.05 bits per heavy atom. The van der Waals surface area contributed by atoms with E-state index in [2.05, 4.69) is 10.3 Å². The molecule has 1 aliphatic carbocycles. The van der Waals surface area contributed by atoms with Crippen LogP contribution in [-0.2, 0) is 0 Å². The fourth-order valence-electron chi connectivity index (χ4n) is 2.73. The Morgan fingerprint density at radius 3 is 2.89 bits per heavy atom. The van der Waals surface area contributed by atoms with Gasteiger partial charge in [-0.2, -0.15) is 0 Å². The molecule has 0 bridgehead atoms.